The minimum Gasteiger partial charge on any atom is -0.312 e. The summed E-state index contributed by atoms with van der Waals surface area (Å²) in [6.07, 6.45) is 7.62. The molecule has 1 saturated carbocycles. The Labute approximate surface area is 80.8 Å². The first-order valence-electron chi connectivity index (χ1n) is 5.36. The molecular formula is C10H21N3. The summed E-state index contributed by atoms with van der Waals surface area (Å²) < 4.78 is 0. The molecule has 0 heterocycles. The van der Waals surface area contributed by atoms with E-state index in [0.29, 0.717) is 0 Å². The number of hydrogen-bond donors (Lipinski definition) is 2. The minimum absolute atomic E-state index is 0.826. The Morgan fingerprint density at radius 3 is 2.69 bits per heavy atom. The van der Waals surface area contributed by atoms with E-state index < -0.39 is 0 Å². The lowest BCUT2D eigenvalue weighted by Gasteiger charge is -2.10. The van der Waals surface area contributed by atoms with Crippen LogP contribution in [0.1, 0.15) is 45.4 Å². The number of hydrazine groups is 1. The fourth-order valence-corrected chi connectivity index (χ4v) is 1.90. The highest BCUT2D eigenvalue weighted by Crippen LogP contribution is 2.27. The van der Waals surface area contributed by atoms with Gasteiger partial charge in [0.1, 0.15) is 5.84 Å². The van der Waals surface area contributed by atoms with Gasteiger partial charge in [-0.3, -0.25) is 4.99 Å². The normalized spacial score (nSPS) is 19.4. The molecule has 3 nitrogen and oxygen atoms in total. The monoisotopic (exact) mass is 183 g/mol. The Bertz CT molecular complexity index is 160. The van der Waals surface area contributed by atoms with Crippen molar-refractivity contribution < 1.29 is 0 Å². The molecule has 0 bridgehead atoms. The number of hydrogen-bond acceptors (Lipinski definition) is 2. The average Bonchev–Trinajstić information content (AvgIpc) is 2.64. The quantitative estimate of drug-likeness (QED) is 0.302. The third kappa shape index (κ3) is 3.77. The van der Waals surface area contributed by atoms with Gasteiger partial charge in [0.2, 0.25) is 0 Å². The molecular weight excluding hydrogens is 162 g/mol. The van der Waals surface area contributed by atoms with Crippen molar-refractivity contribution in [3.05, 3.63) is 0 Å². The summed E-state index contributed by atoms with van der Waals surface area (Å²) in [4.78, 5) is 4.40. The van der Waals surface area contributed by atoms with Gasteiger partial charge in [0.05, 0.1) is 0 Å². The zero-order chi connectivity index (χ0) is 9.52. The number of nitrogens with two attached hydrogens (primary N) is 1. The van der Waals surface area contributed by atoms with Crippen LogP contribution in [0.25, 0.3) is 0 Å². The van der Waals surface area contributed by atoms with Crippen molar-refractivity contribution in [2.45, 2.75) is 45.4 Å². The molecule has 0 amide bonds. The van der Waals surface area contributed by atoms with Gasteiger partial charge < -0.3 is 5.43 Å². The van der Waals surface area contributed by atoms with E-state index in [2.05, 4.69) is 17.3 Å². The molecule has 0 aromatic carbocycles. The molecule has 1 aliphatic carbocycles. The molecule has 1 aliphatic rings. The van der Waals surface area contributed by atoms with E-state index in [1.54, 1.807) is 0 Å². The van der Waals surface area contributed by atoms with Gasteiger partial charge >= 0.3 is 0 Å². The molecule has 0 saturated heterocycles. The van der Waals surface area contributed by atoms with Gasteiger partial charge in [-0.1, -0.05) is 32.6 Å². The molecule has 0 radical (unpaired) electrons. The first-order valence-corrected chi connectivity index (χ1v) is 5.36. The predicted molar refractivity (Wildman–Crippen MR) is 56.5 cm³/mol. The number of amidine groups is 1. The smallest absolute Gasteiger partial charge is 0.111 e. The van der Waals surface area contributed by atoms with Crippen molar-refractivity contribution in [2.75, 3.05) is 6.54 Å². The van der Waals surface area contributed by atoms with Crippen LogP contribution in [-0.4, -0.2) is 12.4 Å². The van der Waals surface area contributed by atoms with Crippen molar-refractivity contribution in [1.29, 1.82) is 0 Å². The number of nitrogens with zero attached hydrogens (tertiary/aromatic N) is 1. The van der Waals surface area contributed by atoms with Crippen LogP contribution in [0.3, 0.4) is 0 Å². The zero-order valence-corrected chi connectivity index (χ0v) is 8.55. The Balaban J connectivity index is 2.29. The van der Waals surface area contributed by atoms with E-state index in [4.69, 9.17) is 5.84 Å². The third-order valence-electron chi connectivity index (χ3n) is 2.65. The summed E-state index contributed by atoms with van der Waals surface area (Å²) in [6, 6.07) is 0. The summed E-state index contributed by atoms with van der Waals surface area (Å²) in [6.45, 7) is 3.03. The van der Waals surface area contributed by atoms with Gasteiger partial charge in [0, 0.05) is 13.0 Å². The largest absolute Gasteiger partial charge is 0.312 e. The summed E-state index contributed by atoms with van der Waals surface area (Å²) in [7, 11) is 0. The Morgan fingerprint density at radius 1 is 1.46 bits per heavy atom. The van der Waals surface area contributed by atoms with E-state index in [0.717, 1.165) is 31.1 Å². The fourth-order valence-electron chi connectivity index (χ4n) is 1.90. The maximum Gasteiger partial charge on any atom is 0.111 e. The van der Waals surface area contributed by atoms with Crippen LogP contribution < -0.4 is 11.3 Å². The third-order valence-corrected chi connectivity index (χ3v) is 2.65. The van der Waals surface area contributed by atoms with E-state index >= 15 is 0 Å². The molecule has 76 valence electrons. The Morgan fingerprint density at radius 2 is 2.15 bits per heavy atom. The Hall–Kier alpha value is -0.570. The van der Waals surface area contributed by atoms with E-state index in [1.807, 2.05) is 0 Å². The first-order chi connectivity index (χ1) is 6.36. The fraction of sp³-hybridized carbons (Fsp3) is 0.900. The second-order valence-corrected chi connectivity index (χ2v) is 3.83. The summed E-state index contributed by atoms with van der Waals surface area (Å²) in [5, 5.41) is 0. The van der Waals surface area contributed by atoms with Crippen LogP contribution in [0.4, 0.5) is 0 Å². The maximum absolute atomic E-state index is 5.41. The first kappa shape index (κ1) is 10.5. The molecule has 0 spiro atoms. The van der Waals surface area contributed by atoms with Crippen molar-refractivity contribution >= 4 is 5.84 Å². The summed E-state index contributed by atoms with van der Waals surface area (Å²) >= 11 is 0. The van der Waals surface area contributed by atoms with Crippen molar-refractivity contribution in [3.63, 3.8) is 0 Å². The second-order valence-electron chi connectivity index (χ2n) is 3.83. The van der Waals surface area contributed by atoms with Gasteiger partial charge in [-0.25, -0.2) is 5.84 Å². The molecule has 0 unspecified atom stereocenters. The molecule has 0 aromatic rings. The zero-order valence-electron chi connectivity index (χ0n) is 8.55. The van der Waals surface area contributed by atoms with Gasteiger partial charge in [0.15, 0.2) is 0 Å². The summed E-state index contributed by atoms with van der Waals surface area (Å²) in [5.41, 5.74) is 2.71. The molecule has 13 heavy (non-hydrogen) atoms. The van der Waals surface area contributed by atoms with E-state index in [-0.39, 0.29) is 0 Å². The van der Waals surface area contributed by atoms with Crippen LogP contribution in [0, 0.1) is 5.92 Å². The lowest BCUT2D eigenvalue weighted by molar-refractivity contribution is 0.564. The Kier molecular flexibility index (Phi) is 4.83. The maximum atomic E-state index is 5.41. The van der Waals surface area contributed by atoms with Crippen LogP contribution in [-0.2, 0) is 0 Å². The number of aliphatic imine (C=N–C) groups is 1. The lowest BCUT2D eigenvalue weighted by atomic mass is 10.0. The second kappa shape index (κ2) is 5.97. The topological polar surface area (TPSA) is 50.4 Å². The van der Waals surface area contributed by atoms with E-state index in [9.17, 15) is 0 Å². The molecule has 1 fully saturated rings. The molecule has 0 aromatic heterocycles. The van der Waals surface area contributed by atoms with Crippen LogP contribution >= 0.6 is 0 Å². The molecule has 3 heteroatoms. The van der Waals surface area contributed by atoms with Gasteiger partial charge in [0.25, 0.3) is 0 Å². The molecule has 3 N–H and O–H groups in total. The predicted octanol–water partition coefficient (Wildman–Crippen LogP) is 1.84. The standard InChI is InChI=1S/C10H21N3/c1-2-7-12-10(13-11)8-9-5-3-4-6-9/h9H,2-8,11H2,1H3,(H,12,13). The van der Waals surface area contributed by atoms with Gasteiger partial charge in [-0.15, -0.1) is 0 Å². The van der Waals surface area contributed by atoms with Crippen molar-refractivity contribution in [3.8, 4) is 0 Å². The van der Waals surface area contributed by atoms with Crippen LogP contribution in [0.5, 0.6) is 0 Å². The van der Waals surface area contributed by atoms with Gasteiger partial charge in [-0.05, 0) is 12.3 Å². The molecule has 1 rings (SSSR count). The van der Waals surface area contributed by atoms with E-state index in [1.165, 1.54) is 25.7 Å². The van der Waals surface area contributed by atoms with Crippen molar-refractivity contribution in [2.24, 2.45) is 16.8 Å². The number of nitrogens with one attached hydrogen (secondary N) is 1. The van der Waals surface area contributed by atoms with Crippen molar-refractivity contribution in [1.82, 2.24) is 5.43 Å². The van der Waals surface area contributed by atoms with Crippen LogP contribution in [0.15, 0.2) is 4.99 Å². The minimum atomic E-state index is 0.826. The lowest BCUT2D eigenvalue weighted by Crippen LogP contribution is -2.31. The van der Waals surface area contributed by atoms with Crippen LogP contribution in [0.2, 0.25) is 0 Å². The highest BCUT2D eigenvalue weighted by atomic mass is 15.2. The van der Waals surface area contributed by atoms with Gasteiger partial charge in [-0.2, -0.15) is 0 Å². The highest BCUT2D eigenvalue weighted by Gasteiger charge is 2.16. The highest BCUT2D eigenvalue weighted by molar-refractivity contribution is 5.81. The number of rotatable bonds is 4. The molecule has 0 aliphatic heterocycles. The average molecular weight is 183 g/mol. The molecule has 0 atom stereocenters. The summed E-state index contributed by atoms with van der Waals surface area (Å²) in [5.74, 6) is 7.23. The SMILES string of the molecule is CCCN=C(CC1CCCC1)NN.